The van der Waals surface area contributed by atoms with Gasteiger partial charge < -0.3 is 14.4 Å². The van der Waals surface area contributed by atoms with Gasteiger partial charge in [-0.1, -0.05) is 18.2 Å². The number of fused-ring (bicyclic) bond motifs is 1. The van der Waals surface area contributed by atoms with Gasteiger partial charge in [-0.2, -0.15) is 0 Å². The number of carbonyl (C=O) groups is 1. The average Bonchev–Trinajstić information content (AvgIpc) is 2.56. The fourth-order valence-electron chi connectivity index (χ4n) is 1.65. The highest BCUT2D eigenvalue weighted by Crippen LogP contribution is 2.24. The van der Waals surface area contributed by atoms with E-state index in [0.717, 1.165) is 10.9 Å². The zero-order valence-electron chi connectivity index (χ0n) is 8.30. The molecule has 2 aromatic rings. The first kappa shape index (κ1) is 9.58. The predicted octanol–water partition coefficient (Wildman–Crippen LogP) is 1.73. The summed E-state index contributed by atoms with van der Waals surface area (Å²) in [6.45, 7) is -0.0866. The minimum atomic E-state index is -0.880. The average molecular weight is 205 g/mol. The van der Waals surface area contributed by atoms with E-state index < -0.39 is 5.97 Å². The number of benzene rings is 1. The van der Waals surface area contributed by atoms with E-state index in [-0.39, 0.29) is 6.54 Å². The summed E-state index contributed by atoms with van der Waals surface area (Å²) >= 11 is 0. The Morgan fingerprint density at radius 1 is 1.47 bits per heavy atom. The van der Waals surface area contributed by atoms with Gasteiger partial charge in [0.1, 0.15) is 6.54 Å². The van der Waals surface area contributed by atoms with Crippen LogP contribution in [0.15, 0.2) is 30.3 Å². The predicted molar refractivity (Wildman–Crippen MR) is 56.1 cm³/mol. The van der Waals surface area contributed by atoms with Crippen LogP contribution in [0.5, 0.6) is 5.88 Å². The first-order valence-corrected chi connectivity index (χ1v) is 4.56. The van der Waals surface area contributed by atoms with Gasteiger partial charge in [-0.25, -0.2) is 0 Å². The number of aromatic nitrogens is 1. The molecular formula is C11H11NO3. The van der Waals surface area contributed by atoms with Crippen LogP contribution in [0, 0.1) is 0 Å². The number of ether oxygens (including phenoxy) is 1. The number of aliphatic carboxylic acids is 1. The van der Waals surface area contributed by atoms with Crippen LogP contribution in [0.25, 0.3) is 10.9 Å². The van der Waals surface area contributed by atoms with Gasteiger partial charge in [0.25, 0.3) is 0 Å². The maximum atomic E-state index is 10.7. The van der Waals surface area contributed by atoms with Gasteiger partial charge in [-0.15, -0.1) is 0 Å². The second-order valence-corrected chi connectivity index (χ2v) is 3.23. The molecule has 0 aliphatic heterocycles. The summed E-state index contributed by atoms with van der Waals surface area (Å²) in [6.07, 6.45) is 0. The summed E-state index contributed by atoms with van der Waals surface area (Å²) in [6, 6.07) is 9.42. The summed E-state index contributed by atoms with van der Waals surface area (Å²) in [5.41, 5.74) is 0.872. The van der Waals surface area contributed by atoms with Crippen LogP contribution in [0.2, 0.25) is 0 Å². The van der Waals surface area contributed by atoms with E-state index in [2.05, 4.69) is 0 Å². The fraction of sp³-hybridized carbons (Fsp3) is 0.182. The van der Waals surface area contributed by atoms with E-state index in [1.165, 1.54) is 7.11 Å². The Morgan fingerprint density at radius 2 is 2.20 bits per heavy atom. The molecule has 0 aliphatic rings. The normalized spacial score (nSPS) is 10.5. The standard InChI is InChI=1S/C11H11NO3/c1-15-10-6-8-4-2-3-5-9(8)12(10)7-11(13)14/h2-6H,7H2,1H3,(H,13,14). The third-order valence-corrected chi connectivity index (χ3v) is 2.28. The van der Waals surface area contributed by atoms with E-state index in [0.29, 0.717) is 5.88 Å². The fourth-order valence-corrected chi connectivity index (χ4v) is 1.65. The van der Waals surface area contributed by atoms with E-state index in [4.69, 9.17) is 9.84 Å². The molecule has 0 radical (unpaired) electrons. The molecular weight excluding hydrogens is 194 g/mol. The minimum absolute atomic E-state index is 0.0866. The molecule has 4 nitrogen and oxygen atoms in total. The molecule has 15 heavy (non-hydrogen) atoms. The molecule has 0 atom stereocenters. The number of para-hydroxylation sites is 1. The lowest BCUT2D eigenvalue weighted by Gasteiger charge is -2.05. The van der Waals surface area contributed by atoms with Crippen molar-refractivity contribution in [3.05, 3.63) is 30.3 Å². The van der Waals surface area contributed by atoms with Crippen molar-refractivity contribution in [2.24, 2.45) is 0 Å². The maximum absolute atomic E-state index is 10.7. The second-order valence-electron chi connectivity index (χ2n) is 3.23. The van der Waals surface area contributed by atoms with Crippen molar-refractivity contribution in [2.75, 3.05) is 7.11 Å². The molecule has 1 N–H and O–H groups in total. The highest BCUT2D eigenvalue weighted by atomic mass is 16.5. The van der Waals surface area contributed by atoms with Crippen molar-refractivity contribution >= 4 is 16.9 Å². The van der Waals surface area contributed by atoms with Gasteiger partial charge in [-0.3, -0.25) is 4.79 Å². The molecule has 0 saturated carbocycles. The van der Waals surface area contributed by atoms with Crippen molar-refractivity contribution in [3.8, 4) is 5.88 Å². The Bertz CT molecular complexity index is 502. The first-order valence-electron chi connectivity index (χ1n) is 4.56. The van der Waals surface area contributed by atoms with Gasteiger partial charge in [0.15, 0.2) is 5.88 Å². The van der Waals surface area contributed by atoms with Gasteiger partial charge in [0, 0.05) is 11.5 Å². The summed E-state index contributed by atoms with van der Waals surface area (Å²) in [5.74, 6) is -0.312. The quantitative estimate of drug-likeness (QED) is 0.830. The van der Waals surface area contributed by atoms with E-state index in [1.54, 1.807) is 4.57 Å². The monoisotopic (exact) mass is 205 g/mol. The lowest BCUT2D eigenvalue weighted by molar-refractivity contribution is -0.137. The van der Waals surface area contributed by atoms with E-state index >= 15 is 0 Å². The molecule has 4 heteroatoms. The molecule has 1 aromatic carbocycles. The molecule has 0 amide bonds. The minimum Gasteiger partial charge on any atom is -0.482 e. The summed E-state index contributed by atoms with van der Waals surface area (Å²) in [5, 5.41) is 9.77. The van der Waals surface area contributed by atoms with Gasteiger partial charge in [0.05, 0.1) is 12.6 Å². The van der Waals surface area contributed by atoms with Gasteiger partial charge in [-0.05, 0) is 6.07 Å². The molecule has 0 bridgehead atoms. The van der Waals surface area contributed by atoms with E-state index in [9.17, 15) is 4.79 Å². The summed E-state index contributed by atoms with van der Waals surface area (Å²) in [4.78, 5) is 10.7. The van der Waals surface area contributed by atoms with E-state index in [1.807, 2.05) is 30.3 Å². The van der Waals surface area contributed by atoms with Crippen LogP contribution < -0.4 is 4.74 Å². The molecule has 0 aliphatic carbocycles. The highest BCUT2D eigenvalue weighted by Gasteiger charge is 2.10. The van der Waals surface area contributed by atoms with Crippen LogP contribution in [-0.2, 0) is 11.3 Å². The smallest absolute Gasteiger partial charge is 0.323 e. The van der Waals surface area contributed by atoms with Gasteiger partial charge >= 0.3 is 5.97 Å². The number of hydrogen-bond donors (Lipinski definition) is 1. The number of carboxylic acid groups (broad SMARTS) is 1. The highest BCUT2D eigenvalue weighted by molar-refractivity contribution is 5.84. The molecule has 2 rings (SSSR count). The van der Waals surface area contributed by atoms with Gasteiger partial charge in [0.2, 0.25) is 0 Å². The van der Waals surface area contributed by atoms with Crippen molar-refractivity contribution in [2.45, 2.75) is 6.54 Å². The first-order chi connectivity index (χ1) is 7.22. The third kappa shape index (κ3) is 1.66. The third-order valence-electron chi connectivity index (χ3n) is 2.28. The van der Waals surface area contributed by atoms with Crippen molar-refractivity contribution in [3.63, 3.8) is 0 Å². The summed E-state index contributed by atoms with van der Waals surface area (Å²) < 4.78 is 6.77. The summed E-state index contributed by atoms with van der Waals surface area (Å²) in [7, 11) is 1.53. The Morgan fingerprint density at radius 3 is 2.87 bits per heavy atom. The van der Waals surface area contributed by atoms with Crippen LogP contribution in [0.4, 0.5) is 0 Å². The molecule has 1 aromatic heterocycles. The molecule has 1 heterocycles. The zero-order chi connectivity index (χ0) is 10.8. The number of methoxy groups -OCH3 is 1. The molecule has 0 saturated heterocycles. The Hall–Kier alpha value is -1.97. The number of rotatable bonds is 3. The Balaban J connectivity index is 2.61. The zero-order valence-corrected chi connectivity index (χ0v) is 8.30. The molecule has 0 unspecified atom stereocenters. The number of hydrogen-bond acceptors (Lipinski definition) is 2. The molecule has 78 valence electrons. The SMILES string of the molecule is COc1cc2ccccc2n1CC(=O)O. The maximum Gasteiger partial charge on any atom is 0.323 e. The van der Waals surface area contributed by atoms with Crippen LogP contribution in [0.1, 0.15) is 0 Å². The molecule has 0 spiro atoms. The Kier molecular flexibility index (Phi) is 2.33. The lowest BCUT2D eigenvalue weighted by atomic mass is 10.2. The molecule has 0 fully saturated rings. The van der Waals surface area contributed by atoms with Crippen molar-refractivity contribution in [1.82, 2.24) is 4.57 Å². The van der Waals surface area contributed by atoms with Crippen LogP contribution >= 0.6 is 0 Å². The van der Waals surface area contributed by atoms with Crippen LogP contribution in [0.3, 0.4) is 0 Å². The second kappa shape index (κ2) is 3.65. The number of carboxylic acids is 1. The number of nitrogens with zero attached hydrogens (tertiary/aromatic N) is 1. The van der Waals surface area contributed by atoms with Crippen LogP contribution in [-0.4, -0.2) is 22.8 Å². The Labute approximate surface area is 86.7 Å². The van der Waals surface area contributed by atoms with Crippen molar-refractivity contribution < 1.29 is 14.6 Å². The van der Waals surface area contributed by atoms with Crippen molar-refractivity contribution in [1.29, 1.82) is 0 Å². The largest absolute Gasteiger partial charge is 0.482 e. The lowest BCUT2D eigenvalue weighted by Crippen LogP contribution is -2.09. The topological polar surface area (TPSA) is 51.5 Å².